The number of rotatable bonds is 9. The average molecular weight is 601 g/mol. The zero-order chi connectivity index (χ0) is 28.7. The fourth-order valence-corrected chi connectivity index (χ4v) is 6.63. The van der Waals surface area contributed by atoms with Gasteiger partial charge < -0.3 is 24.6 Å². The summed E-state index contributed by atoms with van der Waals surface area (Å²) < 4.78 is 20.0. The molecule has 1 N–H and O–H groups in total. The molecule has 10 nitrogen and oxygen atoms in total. The Balaban J connectivity index is 1.37. The van der Waals surface area contributed by atoms with Crippen LogP contribution in [0.5, 0.6) is 0 Å². The maximum absolute atomic E-state index is 14.6. The molecule has 1 unspecified atom stereocenters. The number of urea groups is 1. The number of hydrogen-bond donors (Lipinski definition) is 1. The number of thiazole rings is 1. The molecule has 1 aromatic heterocycles. The number of hydrogen-bond acceptors (Lipinski definition) is 9. The Labute approximate surface area is 245 Å². The Bertz CT molecular complexity index is 1410. The summed E-state index contributed by atoms with van der Waals surface area (Å²) in [6.45, 7) is 4.10. The second kappa shape index (κ2) is 11.5. The molecule has 0 bridgehead atoms. The summed E-state index contributed by atoms with van der Waals surface area (Å²) in [5.41, 5.74) is 0.967. The molecule has 4 aliphatic rings. The Kier molecular flexibility index (Phi) is 7.80. The Hall–Kier alpha value is -3.35. The lowest BCUT2D eigenvalue weighted by molar-refractivity contribution is -0.139. The van der Waals surface area contributed by atoms with Gasteiger partial charge in [0.1, 0.15) is 18.1 Å². The number of esters is 1. The fraction of sp³-hybridized carbons (Fsp3) is 0.464. The van der Waals surface area contributed by atoms with E-state index in [0.717, 1.165) is 25.7 Å². The van der Waals surface area contributed by atoms with Gasteiger partial charge in [0.2, 0.25) is 0 Å². The zero-order valence-corrected chi connectivity index (χ0v) is 24.0. The number of carbonyl (C=O) groups excluding carboxylic acids is 3. The first-order valence-corrected chi connectivity index (χ1v) is 15.0. The fourth-order valence-electron chi connectivity index (χ4n) is 5.81. The molecule has 1 aromatic carbocycles. The van der Waals surface area contributed by atoms with E-state index in [2.05, 4.69) is 10.3 Å². The first-order valence-electron chi connectivity index (χ1n) is 13.7. The molecule has 13 heteroatoms. The van der Waals surface area contributed by atoms with Crippen molar-refractivity contribution in [1.29, 1.82) is 0 Å². The topological polar surface area (TPSA) is 107 Å². The van der Waals surface area contributed by atoms with E-state index in [1.807, 2.05) is 9.80 Å². The first kappa shape index (κ1) is 27.8. The molecule has 41 heavy (non-hydrogen) atoms. The van der Waals surface area contributed by atoms with Crippen LogP contribution in [0, 0.1) is 11.7 Å². The number of halogens is 2. The van der Waals surface area contributed by atoms with Crippen molar-refractivity contribution >= 4 is 47.1 Å². The summed E-state index contributed by atoms with van der Waals surface area (Å²) in [5.74, 6) is -0.293. The predicted octanol–water partition coefficient (Wildman–Crippen LogP) is 3.24. The third-order valence-electron chi connectivity index (χ3n) is 7.98. The van der Waals surface area contributed by atoms with Crippen molar-refractivity contribution in [1.82, 2.24) is 25.0 Å². The molecular formula is C28H30ClFN6O4S. The van der Waals surface area contributed by atoms with E-state index in [0.29, 0.717) is 47.7 Å². The monoisotopic (exact) mass is 600 g/mol. The third kappa shape index (κ3) is 5.35. The van der Waals surface area contributed by atoms with Gasteiger partial charge in [-0.25, -0.2) is 19.0 Å². The van der Waals surface area contributed by atoms with Crippen LogP contribution in [0.3, 0.4) is 0 Å². The number of amidine groups is 1. The van der Waals surface area contributed by atoms with Crippen LogP contribution >= 0.6 is 22.9 Å². The minimum atomic E-state index is -0.967. The van der Waals surface area contributed by atoms with Gasteiger partial charge in [-0.05, 0) is 31.7 Å². The van der Waals surface area contributed by atoms with Gasteiger partial charge in [0.05, 0.1) is 29.3 Å². The van der Waals surface area contributed by atoms with Crippen LogP contribution in [0.25, 0.3) is 0 Å². The number of benzene rings is 1. The van der Waals surface area contributed by atoms with Crippen molar-refractivity contribution in [3.05, 3.63) is 62.5 Å². The van der Waals surface area contributed by atoms with Gasteiger partial charge in [-0.1, -0.05) is 23.7 Å². The summed E-state index contributed by atoms with van der Waals surface area (Å²) in [6.07, 6.45) is 4.79. The normalized spacial score (nSPS) is 24.7. The van der Waals surface area contributed by atoms with Crippen LogP contribution in [0.15, 0.2) is 46.0 Å². The van der Waals surface area contributed by atoms with E-state index >= 15 is 0 Å². The van der Waals surface area contributed by atoms with E-state index in [-0.39, 0.29) is 35.8 Å². The number of nitrogens with zero attached hydrogens (tertiary/aromatic N) is 5. The highest BCUT2D eigenvalue weighted by molar-refractivity contribution is 7.11. The molecule has 3 fully saturated rings. The molecule has 216 valence electrons. The molecule has 6 rings (SSSR count). The molecule has 2 amide bonds. The lowest BCUT2D eigenvalue weighted by Gasteiger charge is -2.42. The van der Waals surface area contributed by atoms with Gasteiger partial charge in [0.15, 0.2) is 10.8 Å². The van der Waals surface area contributed by atoms with Gasteiger partial charge in [-0.15, -0.1) is 11.3 Å². The second-order valence-electron chi connectivity index (χ2n) is 10.6. The van der Waals surface area contributed by atoms with Crippen LogP contribution < -0.4 is 5.32 Å². The Morgan fingerprint density at radius 3 is 2.85 bits per heavy atom. The third-order valence-corrected chi connectivity index (χ3v) is 9.16. The van der Waals surface area contributed by atoms with Gasteiger partial charge in [-0.3, -0.25) is 9.89 Å². The summed E-state index contributed by atoms with van der Waals surface area (Å²) in [5, 5.41) is 5.52. The Morgan fingerprint density at radius 1 is 1.32 bits per heavy atom. The standard InChI is InChI=1S/C28H30ClFN6O4S/c1-2-40-27(38)22-19(13-34-9-10-36-20(21(34)15-37)14-35(28(36)39)12-16-6-7-16)32-25(26-31-8-11-41-26)33-24(22)17-4-3-5-18(30)23(17)29/h3-5,8,11,15-16,20-21,24H,2,6-7,9-10,12-14H2,1H3,(H,32,33)/t20-,21?,24+/m1/s1. The van der Waals surface area contributed by atoms with Crippen molar-refractivity contribution in [2.45, 2.75) is 37.9 Å². The maximum atomic E-state index is 14.6. The lowest BCUT2D eigenvalue weighted by atomic mass is 9.94. The smallest absolute Gasteiger partial charge is 0.338 e. The van der Waals surface area contributed by atoms with Crippen molar-refractivity contribution in [2.75, 3.05) is 39.3 Å². The van der Waals surface area contributed by atoms with Crippen molar-refractivity contribution < 1.29 is 23.5 Å². The van der Waals surface area contributed by atoms with Crippen LogP contribution in [0.4, 0.5) is 9.18 Å². The molecule has 4 heterocycles. The summed E-state index contributed by atoms with van der Waals surface area (Å²) in [6, 6.07) is 2.55. The van der Waals surface area contributed by atoms with Crippen molar-refractivity contribution in [3.63, 3.8) is 0 Å². The van der Waals surface area contributed by atoms with Gasteiger partial charge in [0.25, 0.3) is 0 Å². The molecule has 2 aromatic rings. The lowest BCUT2D eigenvalue weighted by Crippen LogP contribution is -2.60. The second-order valence-corrected chi connectivity index (χ2v) is 11.9. The first-order chi connectivity index (χ1) is 19.9. The number of amides is 2. The number of fused-ring (bicyclic) bond motifs is 1. The maximum Gasteiger partial charge on any atom is 0.338 e. The molecule has 2 saturated heterocycles. The number of aromatic nitrogens is 1. The van der Waals surface area contributed by atoms with Crippen LogP contribution in [-0.4, -0.2) is 95.2 Å². The summed E-state index contributed by atoms with van der Waals surface area (Å²) in [7, 11) is 0. The number of ether oxygens (including phenoxy) is 1. The molecular weight excluding hydrogens is 571 g/mol. The van der Waals surface area contributed by atoms with Gasteiger partial charge >= 0.3 is 12.0 Å². The SMILES string of the molecule is CCOC(=O)C1=C(CN2CCN3C(=O)N(CC4CC4)C[C@@H]3C2C=O)NC(c2nccs2)=N[C@H]1c1cccc(F)c1Cl. The molecule has 1 aliphatic carbocycles. The number of aliphatic imine (C=N–C) groups is 1. The van der Waals surface area contributed by atoms with E-state index in [9.17, 15) is 18.8 Å². The zero-order valence-electron chi connectivity index (χ0n) is 22.5. The highest BCUT2D eigenvalue weighted by Gasteiger charge is 2.48. The van der Waals surface area contributed by atoms with Crippen molar-refractivity contribution in [3.8, 4) is 0 Å². The van der Waals surface area contributed by atoms with E-state index < -0.39 is 23.9 Å². The highest BCUT2D eigenvalue weighted by atomic mass is 35.5. The summed E-state index contributed by atoms with van der Waals surface area (Å²) in [4.78, 5) is 53.8. The average Bonchev–Trinajstić information content (AvgIpc) is 3.49. The quantitative estimate of drug-likeness (QED) is 0.348. The van der Waals surface area contributed by atoms with Gasteiger partial charge in [0, 0.05) is 55.6 Å². The predicted molar refractivity (Wildman–Crippen MR) is 151 cm³/mol. The minimum absolute atomic E-state index is 0.0189. The largest absolute Gasteiger partial charge is 0.463 e. The van der Waals surface area contributed by atoms with Crippen molar-refractivity contribution in [2.24, 2.45) is 10.9 Å². The van der Waals surface area contributed by atoms with E-state index in [1.165, 1.54) is 23.5 Å². The molecule has 3 atom stereocenters. The van der Waals surface area contributed by atoms with Crippen LogP contribution in [-0.2, 0) is 14.3 Å². The molecule has 3 aliphatic heterocycles. The molecule has 0 radical (unpaired) electrons. The number of aldehydes is 1. The van der Waals surface area contributed by atoms with E-state index in [1.54, 1.807) is 29.5 Å². The van der Waals surface area contributed by atoms with E-state index in [4.69, 9.17) is 21.3 Å². The van der Waals surface area contributed by atoms with Crippen LogP contribution in [0.2, 0.25) is 5.02 Å². The number of carbonyl (C=O) groups is 3. The Morgan fingerprint density at radius 2 is 2.15 bits per heavy atom. The van der Waals surface area contributed by atoms with Gasteiger partial charge in [-0.2, -0.15) is 0 Å². The van der Waals surface area contributed by atoms with Crippen LogP contribution in [0.1, 0.15) is 36.4 Å². The molecule has 1 saturated carbocycles. The minimum Gasteiger partial charge on any atom is -0.463 e. The summed E-state index contributed by atoms with van der Waals surface area (Å²) >= 11 is 7.77. The number of nitrogens with one attached hydrogen (secondary N) is 1. The number of piperazine rings is 1. The molecule has 0 spiro atoms. The highest BCUT2D eigenvalue weighted by Crippen LogP contribution is 2.38.